The SMILES string of the molecule is O=S1(=O)CCCC1CNCc1cccc(C2CC2)c1. The predicted molar refractivity (Wildman–Crippen MR) is 76.9 cm³/mol. The number of sulfone groups is 1. The molecule has 0 amide bonds. The number of hydrogen-bond acceptors (Lipinski definition) is 3. The van der Waals surface area contributed by atoms with Crippen molar-refractivity contribution in [2.45, 2.75) is 43.4 Å². The average molecular weight is 279 g/mol. The van der Waals surface area contributed by atoms with Gasteiger partial charge in [-0.3, -0.25) is 0 Å². The van der Waals surface area contributed by atoms with Crippen molar-refractivity contribution >= 4 is 9.84 Å². The highest BCUT2D eigenvalue weighted by atomic mass is 32.2. The standard InChI is InChI=1S/C15H21NO2S/c17-19(18)8-2-5-15(19)11-16-10-12-3-1-4-14(9-12)13-6-7-13/h1,3-4,9,13,15-16H,2,5-8,10-11H2. The lowest BCUT2D eigenvalue weighted by molar-refractivity contribution is 0.574. The molecule has 0 bridgehead atoms. The summed E-state index contributed by atoms with van der Waals surface area (Å²) < 4.78 is 23.4. The van der Waals surface area contributed by atoms with Gasteiger partial charge in [0.05, 0.1) is 11.0 Å². The van der Waals surface area contributed by atoms with Crippen LogP contribution < -0.4 is 5.32 Å². The Morgan fingerprint density at radius 1 is 1.21 bits per heavy atom. The minimum Gasteiger partial charge on any atom is -0.311 e. The Hall–Kier alpha value is -0.870. The van der Waals surface area contributed by atoms with Gasteiger partial charge in [-0.1, -0.05) is 24.3 Å². The maximum atomic E-state index is 11.7. The van der Waals surface area contributed by atoms with Gasteiger partial charge in [-0.25, -0.2) is 8.42 Å². The second kappa shape index (κ2) is 5.25. The van der Waals surface area contributed by atoms with E-state index < -0.39 is 9.84 Å². The van der Waals surface area contributed by atoms with Crippen LogP contribution in [0.4, 0.5) is 0 Å². The van der Waals surface area contributed by atoms with Crippen molar-refractivity contribution in [3.05, 3.63) is 35.4 Å². The predicted octanol–water partition coefficient (Wildman–Crippen LogP) is 2.23. The first-order valence-electron chi connectivity index (χ1n) is 7.16. The molecule has 3 rings (SSSR count). The smallest absolute Gasteiger partial charge is 0.154 e. The zero-order valence-electron chi connectivity index (χ0n) is 11.1. The van der Waals surface area contributed by atoms with Gasteiger partial charge in [0, 0.05) is 13.1 Å². The van der Waals surface area contributed by atoms with Gasteiger partial charge >= 0.3 is 0 Å². The Morgan fingerprint density at radius 3 is 2.74 bits per heavy atom. The van der Waals surface area contributed by atoms with E-state index in [9.17, 15) is 8.42 Å². The van der Waals surface area contributed by atoms with Crippen molar-refractivity contribution in [1.29, 1.82) is 0 Å². The Morgan fingerprint density at radius 2 is 2.05 bits per heavy atom. The van der Waals surface area contributed by atoms with Gasteiger partial charge in [-0.15, -0.1) is 0 Å². The van der Waals surface area contributed by atoms with Gasteiger partial charge in [0.1, 0.15) is 0 Å². The fourth-order valence-corrected chi connectivity index (χ4v) is 4.64. The first kappa shape index (κ1) is 13.1. The first-order chi connectivity index (χ1) is 9.15. The summed E-state index contributed by atoms with van der Waals surface area (Å²) in [5, 5.41) is 3.14. The van der Waals surface area contributed by atoms with E-state index in [4.69, 9.17) is 0 Å². The van der Waals surface area contributed by atoms with Gasteiger partial charge in [0.2, 0.25) is 0 Å². The highest BCUT2D eigenvalue weighted by Crippen LogP contribution is 2.40. The second-order valence-electron chi connectivity index (χ2n) is 5.78. The fourth-order valence-electron chi connectivity index (χ4n) is 2.84. The van der Waals surface area contributed by atoms with Crippen LogP contribution in [0.25, 0.3) is 0 Å². The molecule has 104 valence electrons. The van der Waals surface area contributed by atoms with Gasteiger partial charge in [0.25, 0.3) is 0 Å². The van der Waals surface area contributed by atoms with Gasteiger partial charge in [-0.2, -0.15) is 0 Å². The summed E-state index contributed by atoms with van der Waals surface area (Å²) in [4.78, 5) is 0. The van der Waals surface area contributed by atoms with Crippen LogP contribution in [0.2, 0.25) is 0 Å². The maximum Gasteiger partial charge on any atom is 0.154 e. The minimum atomic E-state index is -2.82. The summed E-state index contributed by atoms with van der Waals surface area (Å²) in [6.07, 6.45) is 4.28. The summed E-state index contributed by atoms with van der Waals surface area (Å²) in [6, 6.07) is 8.68. The second-order valence-corrected chi connectivity index (χ2v) is 8.18. The zero-order chi connectivity index (χ0) is 13.3. The lowest BCUT2D eigenvalue weighted by Gasteiger charge is -2.11. The van der Waals surface area contributed by atoms with Gasteiger partial charge in [-0.05, 0) is 42.7 Å². The molecule has 19 heavy (non-hydrogen) atoms. The number of nitrogens with one attached hydrogen (secondary N) is 1. The Labute approximate surface area is 115 Å². The maximum absolute atomic E-state index is 11.7. The molecule has 0 spiro atoms. The van der Waals surface area contributed by atoms with E-state index in [0.717, 1.165) is 25.3 Å². The summed E-state index contributed by atoms with van der Waals surface area (Å²) >= 11 is 0. The van der Waals surface area contributed by atoms with Crippen LogP contribution >= 0.6 is 0 Å². The zero-order valence-corrected chi connectivity index (χ0v) is 12.0. The number of hydrogen-bond donors (Lipinski definition) is 1. The Kier molecular flexibility index (Phi) is 3.63. The van der Waals surface area contributed by atoms with Crippen LogP contribution in [-0.4, -0.2) is 26.0 Å². The van der Waals surface area contributed by atoms with Crippen molar-refractivity contribution in [3.8, 4) is 0 Å². The minimum absolute atomic E-state index is 0.167. The van der Waals surface area contributed by atoms with E-state index in [1.165, 1.54) is 24.0 Å². The fraction of sp³-hybridized carbons (Fsp3) is 0.600. The van der Waals surface area contributed by atoms with E-state index in [-0.39, 0.29) is 5.25 Å². The monoisotopic (exact) mass is 279 g/mol. The molecule has 2 fully saturated rings. The largest absolute Gasteiger partial charge is 0.311 e. The summed E-state index contributed by atoms with van der Waals surface area (Å²) in [5.41, 5.74) is 2.70. The van der Waals surface area contributed by atoms with Gasteiger partial charge < -0.3 is 5.32 Å². The summed E-state index contributed by atoms with van der Waals surface area (Å²) in [5.74, 6) is 1.14. The molecule has 1 heterocycles. The number of rotatable bonds is 5. The lowest BCUT2D eigenvalue weighted by atomic mass is 10.1. The third-order valence-electron chi connectivity index (χ3n) is 4.16. The topological polar surface area (TPSA) is 46.2 Å². The third-order valence-corrected chi connectivity index (χ3v) is 6.44. The molecule has 1 atom stereocenters. The van der Waals surface area contributed by atoms with Crippen LogP contribution in [0.1, 0.15) is 42.7 Å². The molecule has 1 aromatic carbocycles. The van der Waals surface area contributed by atoms with Crippen LogP contribution in [0, 0.1) is 0 Å². The molecular weight excluding hydrogens is 258 g/mol. The molecule has 1 saturated heterocycles. The highest BCUT2D eigenvalue weighted by Gasteiger charge is 2.30. The summed E-state index contributed by atoms with van der Waals surface area (Å²) in [7, 11) is -2.82. The molecule has 1 aliphatic carbocycles. The number of benzene rings is 1. The molecule has 1 aliphatic heterocycles. The first-order valence-corrected chi connectivity index (χ1v) is 8.88. The molecule has 0 aromatic heterocycles. The quantitative estimate of drug-likeness (QED) is 0.899. The van der Waals surface area contributed by atoms with Crippen LogP contribution in [0.5, 0.6) is 0 Å². The average Bonchev–Trinajstić information content (AvgIpc) is 3.17. The normalized spacial score (nSPS) is 25.6. The van der Waals surface area contributed by atoms with Crippen LogP contribution in [0.3, 0.4) is 0 Å². The van der Waals surface area contributed by atoms with Crippen molar-refractivity contribution in [2.24, 2.45) is 0 Å². The molecule has 1 aromatic rings. The van der Waals surface area contributed by atoms with E-state index in [2.05, 4.69) is 29.6 Å². The molecule has 1 saturated carbocycles. The molecule has 3 nitrogen and oxygen atoms in total. The van der Waals surface area contributed by atoms with E-state index in [1.807, 2.05) is 0 Å². The molecule has 0 radical (unpaired) electrons. The molecule has 1 unspecified atom stereocenters. The Balaban J connectivity index is 1.53. The van der Waals surface area contributed by atoms with Crippen LogP contribution in [-0.2, 0) is 16.4 Å². The van der Waals surface area contributed by atoms with Crippen LogP contribution in [0.15, 0.2) is 24.3 Å². The van der Waals surface area contributed by atoms with E-state index in [0.29, 0.717) is 12.3 Å². The third kappa shape index (κ3) is 3.18. The van der Waals surface area contributed by atoms with E-state index >= 15 is 0 Å². The molecule has 1 N–H and O–H groups in total. The van der Waals surface area contributed by atoms with Crippen molar-refractivity contribution < 1.29 is 8.42 Å². The summed E-state index contributed by atoms with van der Waals surface area (Å²) in [6.45, 7) is 1.36. The van der Waals surface area contributed by atoms with Crippen molar-refractivity contribution in [1.82, 2.24) is 5.32 Å². The van der Waals surface area contributed by atoms with Crippen molar-refractivity contribution in [2.75, 3.05) is 12.3 Å². The van der Waals surface area contributed by atoms with E-state index in [1.54, 1.807) is 0 Å². The Bertz CT molecular complexity index is 549. The molecule has 4 heteroatoms. The highest BCUT2D eigenvalue weighted by molar-refractivity contribution is 7.92. The molecule has 2 aliphatic rings. The van der Waals surface area contributed by atoms with Crippen molar-refractivity contribution in [3.63, 3.8) is 0 Å². The van der Waals surface area contributed by atoms with Gasteiger partial charge in [0.15, 0.2) is 9.84 Å². The molecular formula is C15H21NO2S. The lowest BCUT2D eigenvalue weighted by Crippen LogP contribution is -2.30.